The van der Waals surface area contributed by atoms with Gasteiger partial charge in [0.15, 0.2) is 0 Å². The highest BCUT2D eigenvalue weighted by molar-refractivity contribution is 7.46. The lowest BCUT2D eigenvalue weighted by Crippen LogP contribution is -2.46. The van der Waals surface area contributed by atoms with Crippen molar-refractivity contribution in [3.05, 3.63) is 78.0 Å². The van der Waals surface area contributed by atoms with Crippen LogP contribution in [-0.4, -0.2) is 141 Å². The lowest BCUT2D eigenvalue weighted by Gasteiger charge is -2.37. The quantitative estimate of drug-likeness (QED) is 0.0527. The first-order valence-electron chi connectivity index (χ1n) is 21.0. The van der Waals surface area contributed by atoms with Crippen molar-refractivity contribution in [2.75, 3.05) is 76.4 Å². The third kappa shape index (κ3) is 13.6. The summed E-state index contributed by atoms with van der Waals surface area (Å²) in [7, 11) is -1.41. The fraction of sp³-hybridized carbons (Fsp3) is 0.561. The second-order valence-electron chi connectivity index (χ2n) is 16.2. The van der Waals surface area contributed by atoms with Crippen molar-refractivity contribution in [2.45, 2.75) is 77.0 Å². The molecule has 6 rings (SSSR count). The summed E-state index contributed by atoms with van der Waals surface area (Å²) in [6.07, 6.45) is 2.32. The maximum absolute atomic E-state index is 13.6. The molecule has 22 heteroatoms. The minimum absolute atomic E-state index is 0.00590. The van der Waals surface area contributed by atoms with Gasteiger partial charge in [0.1, 0.15) is 30.8 Å². The predicted molar refractivity (Wildman–Crippen MR) is 229 cm³/mol. The monoisotopic (exact) mass is 899 g/mol. The van der Waals surface area contributed by atoms with E-state index in [0.717, 1.165) is 49.7 Å². The van der Waals surface area contributed by atoms with Crippen LogP contribution in [0.4, 0.5) is 16.2 Å². The average Bonchev–Trinajstić information content (AvgIpc) is 3.99. The fourth-order valence-corrected chi connectivity index (χ4v) is 8.11. The third-order valence-corrected chi connectivity index (χ3v) is 11.4. The maximum atomic E-state index is 13.6. The van der Waals surface area contributed by atoms with Gasteiger partial charge in [-0.25, -0.2) is 28.4 Å². The summed E-state index contributed by atoms with van der Waals surface area (Å²) in [6.45, 7) is 10.2. The molecule has 344 valence electrons. The molecule has 4 aromatic rings. The molecule has 21 nitrogen and oxygen atoms in total. The molecule has 2 aliphatic heterocycles. The molecule has 2 aromatic carbocycles. The van der Waals surface area contributed by atoms with Gasteiger partial charge in [0.2, 0.25) is 0 Å². The zero-order chi connectivity index (χ0) is 45.1. The van der Waals surface area contributed by atoms with Crippen LogP contribution >= 0.6 is 7.82 Å². The predicted octanol–water partition coefficient (Wildman–Crippen LogP) is 3.64. The summed E-state index contributed by atoms with van der Waals surface area (Å²) in [5, 5.41) is 8.55. The molecule has 2 aliphatic rings. The van der Waals surface area contributed by atoms with Crippen molar-refractivity contribution in [1.29, 1.82) is 0 Å². The Morgan fingerprint density at radius 3 is 2.21 bits per heavy atom. The number of aromatic nitrogens is 6. The van der Waals surface area contributed by atoms with E-state index in [1.54, 1.807) is 36.9 Å². The lowest BCUT2D eigenvalue weighted by atomic mass is 9.96. The van der Waals surface area contributed by atoms with E-state index in [9.17, 15) is 18.9 Å². The Balaban J connectivity index is 0.969. The molecule has 2 saturated heterocycles. The minimum Gasteiger partial charge on any atom is -0.493 e. The number of phosphoric ester groups is 1. The minimum atomic E-state index is -4.71. The molecule has 0 aliphatic carbocycles. The standard InChI is InChI=1S/C41H58N9O12P/c1-6-36(30(2)60-40(53)62-38(61-37(51)23-45(4)5)8-7-21-59-63(54,55)56)50-39(52)49(29-44-50)34-11-9-32(10-12-34)46-17-19-47(20-18-46)33-13-15-35(16-14-33)57-24-31-22-41(3,58-25-31)26-48-28-42-27-43-48/h9-16,27-31,36,38H,6-8,17-26H2,1-5H3,(H2,54,55,56)/t30?,31-,36+,38?,41+/m1/s1. The summed E-state index contributed by atoms with van der Waals surface area (Å²) in [6, 6.07) is 15.3. The van der Waals surface area contributed by atoms with Gasteiger partial charge >= 0.3 is 25.6 Å². The number of hydrogen-bond acceptors (Lipinski definition) is 16. The summed E-state index contributed by atoms with van der Waals surface area (Å²) in [5.74, 6) is 0.433. The van der Waals surface area contributed by atoms with Gasteiger partial charge in [-0.3, -0.25) is 18.9 Å². The molecule has 0 bridgehead atoms. The van der Waals surface area contributed by atoms with Gasteiger partial charge in [0.25, 0.3) is 6.29 Å². The van der Waals surface area contributed by atoms with E-state index in [0.29, 0.717) is 37.8 Å². The van der Waals surface area contributed by atoms with E-state index in [-0.39, 0.29) is 31.6 Å². The van der Waals surface area contributed by atoms with Crippen molar-refractivity contribution >= 4 is 31.3 Å². The van der Waals surface area contributed by atoms with Crippen LogP contribution in [0.25, 0.3) is 5.69 Å². The van der Waals surface area contributed by atoms with Gasteiger partial charge in [0, 0.05) is 49.9 Å². The highest BCUT2D eigenvalue weighted by Gasteiger charge is 2.37. The number of carbonyl (C=O) groups excluding carboxylic acids is 2. The number of rotatable bonds is 21. The van der Waals surface area contributed by atoms with E-state index in [1.165, 1.54) is 21.9 Å². The Kier molecular flexibility index (Phi) is 16.0. The van der Waals surface area contributed by atoms with Crippen LogP contribution in [0, 0.1) is 5.92 Å². The summed E-state index contributed by atoms with van der Waals surface area (Å²) >= 11 is 0. The van der Waals surface area contributed by atoms with Gasteiger partial charge in [-0.05, 0) is 95.7 Å². The molecule has 4 heterocycles. The van der Waals surface area contributed by atoms with Crippen LogP contribution in [0.2, 0.25) is 0 Å². The fourth-order valence-electron chi connectivity index (χ4n) is 7.74. The van der Waals surface area contributed by atoms with E-state index in [1.807, 2.05) is 43.3 Å². The molecule has 2 aromatic heterocycles. The molecule has 0 spiro atoms. The van der Waals surface area contributed by atoms with Crippen LogP contribution in [0.5, 0.6) is 5.75 Å². The number of phosphoric acid groups is 1. The normalized spacial score (nSPS) is 19.5. The molecule has 0 amide bonds. The lowest BCUT2D eigenvalue weighted by molar-refractivity contribution is -0.174. The zero-order valence-electron chi connectivity index (χ0n) is 36.3. The number of piperazine rings is 1. The number of ether oxygens (including phenoxy) is 5. The van der Waals surface area contributed by atoms with Crippen molar-refractivity contribution in [3.8, 4) is 11.4 Å². The van der Waals surface area contributed by atoms with Crippen molar-refractivity contribution in [2.24, 2.45) is 5.92 Å². The van der Waals surface area contributed by atoms with Crippen molar-refractivity contribution in [3.63, 3.8) is 0 Å². The summed E-state index contributed by atoms with van der Waals surface area (Å²) < 4.78 is 48.2. The molecule has 0 radical (unpaired) electrons. The van der Waals surface area contributed by atoms with E-state index < -0.39 is 44.1 Å². The average molecular weight is 900 g/mol. The first-order chi connectivity index (χ1) is 30.1. The number of likely N-dealkylation sites (N-methyl/N-ethyl adjacent to an activating group) is 1. The molecule has 2 fully saturated rings. The molecule has 63 heavy (non-hydrogen) atoms. The maximum Gasteiger partial charge on any atom is 0.511 e. The zero-order valence-corrected chi connectivity index (χ0v) is 37.2. The molecule has 2 unspecified atom stereocenters. The smallest absolute Gasteiger partial charge is 0.493 e. The number of esters is 1. The summed E-state index contributed by atoms with van der Waals surface area (Å²) in [5.41, 5.74) is 2.06. The first kappa shape index (κ1) is 47.2. The number of hydrogen-bond donors (Lipinski definition) is 2. The van der Waals surface area contributed by atoms with Gasteiger partial charge in [0.05, 0.1) is 50.2 Å². The number of carbonyl (C=O) groups is 2. The number of benzene rings is 2. The van der Waals surface area contributed by atoms with Gasteiger partial charge < -0.3 is 43.3 Å². The Morgan fingerprint density at radius 2 is 1.60 bits per heavy atom. The second kappa shape index (κ2) is 21.4. The van der Waals surface area contributed by atoms with Crippen molar-refractivity contribution in [1.82, 2.24) is 34.0 Å². The molecule has 5 atom stereocenters. The Labute approximate surface area is 365 Å². The Bertz CT molecular complexity index is 2170. The number of nitrogens with zero attached hydrogens (tertiary/aromatic N) is 9. The van der Waals surface area contributed by atoms with Gasteiger partial charge in [-0.2, -0.15) is 10.2 Å². The Hall–Kier alpha value is -5.31. The molecular formula is C41H58N9O12P. The van der Waals surface area contributed by atoms with Crippen LogP contribution in [0.1, 0.15) is 52.5 Å². The highest BCUT2D eigenvalue weighted by atomic mass is 31.2. The van der Waals surface area contributed by atoms with E-state index in [2.05, 4.69) is 48.6 Å². The third-order valence-electron chi connectivity index (χ3n) is 10.8. The highest BCUT2D eigenvalue weighted by Crippen LogP contribution is 2.36. The van der Waals surface area contributed by atoms with Crippen LogP contribution in [-0.2, 0) is 39.4 Å². The van der Waals surface area contributed by atoms with Crippen LogP contribution in [0.3, 0.4) is 0 Å². The Morgan fingerprint density at radius 1 is 0.952 bits per heavy atom. The second-order valence-corrected chi connectivity index (χ2v) is 17.5. The number of anilines is 2. The van der Waals surface area contributed by atoms with Crippen molar-refractivity contribution < 1.29 is 52.1 Å². The van der Waals surface area contributed by atoms with Crippen LogP contribution < -0.4 is 20.2 Å². The first-order valence-corrected chi connectivity index (χ1v) is 22.5. The molecule has 2 N–H and O–H groups in total. The van der Waals surface area contributed by atoms with Gasteiger partial charge in [-0.15, -0.1) is 0 Å². The topological polar surface area (TPSA) is 227 Å². The SMILES string of the molecule is CC[C@@H](C(C)OC(=O)OC(CCCOP(=O)(O)O)OC(=O)CN(C)C)n1ncn(-c2ccc(N3CCN(c4ccc(OC[C@@H]5CO[C@](C)(Cn6cncn6)C5)cc4)CC3)cc2)c1=O. The van der Waals surface area contributed by atoms with Crippen LogP contribution in [0.15, 0.2) is 72.3 Å². The molecular weight excluding hydrogens is 841 g/mol. The summed E-state index contributed by atoms with van der Waals surface area (Å²) in [4.78, 5) is 66.9. The molecule has 0 saturated carbocycles. The van der Waals surface area contributed by atoms with Gasteiger partial charge in [-0.1, -0.05) is 6.92 Å². The van der Waals surface area contributed by atoms with E-state index >= 15 is 0 Å². The van der Waals surface area contributed by atoms with E-state index in [4.69, 9.17) is 33.5 Å². The largest absolute Gasteiger partial charge is 0.511 e.